The Bertz CT molecular complexity index is 574. The largest absolute Gasteiger partial charge is 0.347 e. The number of rotatable bonds is 3. The Morgan fingerprint density at radius 3 is 2.50 bits per heavy atom. The Hall–Kier alpha value is -1.28. The minimum absolute atomic E-state index is 1.06. The van der Waals surface area contributed by atoms with E-state index in [2.05, 4.69) is 47.7 Å². The van der Waals surface area contributed by atoms with Crippen molar-refractivity contribution in [3.8, 4) is 0 Å². The second-order valence-electron chi connectivity index (χ2n) is 6.15. The number of hydrogen-bond donors (Lipinski definition) is 0. The molecule has 2 heterocycles. The van der Waals surface area contributed by atoms with Crippen molar-refractivity contribution < 1.29 is 0 Å². The Kier molecular flexibility index (Phi) is 4.11. The van der Waals surface area contributed by atoms with E-state index < -0.39 is 0 Å². The van der Waals surface area contributed by atoms with Crippen LogP contribution in [0.2, 0.25) is 0 Å². The summed E-state index contributed by atoms with van der Waals surface area (Å²) in [6, 6.07) is 6.88. The van der Waals surface area contributed by atoms with Crippen LogP contribution in [0.4, 0.5) is 0 Å². The first-order chi connectivity index (χ1) is 9.78. The van der Waals surface area contributed by atoms with E-state index in [0.717, 1.165) is 13.1 Å². The molecule has 3 rings (SSSR count). The van der Waals surface area contributed by atoms with Gasteiger partial charge in [0.15, 0.2) is 0 Å². The number of fused-ring (bicyclic) bond motifs is 1. The maximum Gasteiger partial charge on any atom is 0.0486 e. The Morgan fingerprint density at radius 2 is 1.80 bits per heavy atom. The van der Waals surface area contributed by atoms with Gasteiger partial charge in [0, 0.05) is 30.2 Å². The van der Waals surface area contributed by atoms with Gasteiger partial charge >= 0.3 is 0 Å². The minimum atomic E-state index is 1.06. The molecule has 2 nitrogen and oxygen atoms in total. The zero-order chi connectivity index (χ0) is 13.9. The fraction of sp³-hybridized carbons (Fsp3) is 0.556. The van der Waals surface area contributed by atoms with E-state index in [9.17, 15) is 0 Å². The van der Waals surface area contributed by atoms with Crippen LogP contribution >= 0.6 is 0 Å². The summed E-state index contributed by atoms with van der Waals surface area (Å²) in [5, 5.41) is 1.45. The third kappa shape index (κ3) is 2.76. The fourth-order valence-electron chi connectivity index (χ4n) is 3.40. The molecule has 2 heteroatoms. The van der Waals surface area contributed by atoms with Gasteiger partial charge in [0.1, 0.15) is 0 Å². The van der Waals surface area contributed by atoms with Gasteiger partial charge in [-0.25, -0.2) is 0 Å². The zero-order valence-electron chi connectivity index (χ0n) is 12.9. The molecule has 2 aromatic rings. The van der Waals surface area contributed by atoms with Gasteiger partial charge in [0.2, 0.25) is 0 Å². The summed E-state index contributed by atoms with van der Waals surface area (Å²) in [6.07, 6.45) is 7.92. The highest BCUT2D eigenvalue weighted by atomic mass is 15.1. The summed E-state index contributed by atoms with van der Waals surface area (Å²) in [7, 11) is 0. The number of nitrogens with zero attached hydrogens (tertiary/aromatic N) is 2. The number of hydrogen-bond acceptors (Lipinski definition) is 1. The molecule has 108 valence electrons. The van der Waals surface area contributed by atoms with E-state index >= 15 is 0 Å². The molecule has 0 amide bonds. The third-order valence-corrected chi connectivity index (χ3v) is 4.55. The topological polar surface area (TPSA) is 8.17 Å². The summed E-state index contributed by atoms with van der Waals surface area (Å²) in [5.41, 5.74) is 4.26. The Balaban J connectivity index is 1.90. The molecule has 0 bridgehead atoms. The molecule has 0 atom stereocenters. The molecule has 0 radical (unpaired) electrons. The third-order valence-electron chi connectivity index (χ3n) is 4.55. The van der Waals surface area contributed by atoms with Crippen LogP contribution in [0.15, 0.2) is 24.4 Å². The predicted octanol–water partition coefficient (Wildman–Crippen LogP) is 4.35. The number of likely N-dealkylation sites (tertiary alicyclic amines) is 1. The molecular formula is C18H26N2. The average molecular weight is 270 g/mol. The molecule has 0 N–H and O–H groups in total. The van der Waals surface area contributed by atoms with E-state index in [4.69, 9.17) is 0 Å². The zero-order valence-corrected chi connectivity index (χ0v) is 12.9. The van der Waals surface area contributed by atoms with Crippen molar-refractivity contribution in [1.82, 2.24) is 9.47 Å². The number of benzene rings is 1. The SMILES string of the molecule is CCn1cc(CN2CCCCCC2)c2ccc(C)cc21. The van der Waals surface area contributed by atoms with Gasteiger partial charge < -0.3 is 4.57 Å². The first-order valence-electron chi connectivity index (χ1n) is 8.08. The van der Waals surface area contributed by atoms with Crippen LogP contribution in [0, 0.1) is 6.92 Å². The number of aromatic nitrogens is 1. The molecule has 1 aliphatic heterocycles. The van der Waals surface area contributed by atoms with Crippen LogP contribution < -0.4 is 0 Å². The van der Waals surface area contributed by atoms with E-state index in [1.807, 2.05) is 0 Å². The lowest BCUT2D eigenvalue weighted by atomic mass is 10.1. The molecule has 1 fully saturated rings. The van der Waals surface area contributed by atoms with Gasteiger partial charge in [-0.1, -0.05) is 25.0 Å². The summed E-state index contributed by atoms with van der Waals surface area (Å²) in [5.74, 6) is 0. The lowest BCUT2D eigenvalue weighted by molar-refractivity contribution is 0.278. The fourth-order valence-corrected chi connectivity index (χ4v) is 3.40. The lowest BCUT2D eigenvalue weighted by Crippen LogP contribution is -2.23. The minimum Gasteiger partial charge on any atom is -0.347 e. The van der Waals surface area contributed by atoms with Gasteiger partial charge in [-0.2, -0.15) is 0 Å². The van der Waals surface area contributed by atoms with Crippen LogP contribution in [0.3, 0.4) is 0 Å². The summed E-state index contributed by atoms with van der Waals surface area (Å²) >= 11 is 0. The van der Waals surface area contributed by atoms with E-state index in [-0.39, 0.29) is 0 Å². The van der Waals surface area contributed by atoms with E-state index in [0.29, 0.717) is 0 Å². The molecule has 1 aromatic heterocycles. The summed E-state index contributed by atoms with van der Waals surface area (Å²) in [6.45, 7) is 9.13. The lowest BCUT2D eigenvalue weighted by Gasteiger charge is -2.19. The van der Waals surface area contributed by atoms with Crippen molar-refractivity contribution in [3.05, 3.63) is 35.5 Å². The van der Waals surface area contributed by atoms with Gasteiger partial charge in [0.25, 0.3) is 0 Å². The smallest absolute Gasteiger partial charge is 0.0486 e. The molecule has 0 spiro atoms. The van der Waals surface area contributed by atoms with E-state index in [1.165, 1.54) is 60.8 Å². The molecular weight excluding hydrogens is 244 g/mol. The van der Waals surface area contributed by atoms with Crippen LogP contribution in [0.25, 0.3) is 10.9 Å². The maximum atomic E-state index is 2.64. The highest BCUT2D eigenvalue weighted by Crippen LogP contribution is 2.25. The summed E-state index contributed by atoms with van der Waals surface area (Å²) < 4.78 is 2.40. The predicted molar refractivity (Wildman–Crippen MR) is 86.1 cm³/mol. The molecule has 0 saturated carbocycles. The highest BCUT2D eigenvalue weighted by Gasteiger charge is 2.13. The van der Waals surface area contributed by atoms with Gasteiger partial charge in [-0.05, 0) is 57.0 Å². The van der Waals surface area contributed by atoms with Gasteiger partial charge in [-0.15, -0.1) is 0 Å². The Labute approximate surface area is 122 Å². The van der Waals surface area contributed by atoms with Crippen LogP contribution in [-0.2, 0) is 13.1 Å². The molecule has 1 aromatic carbocycles. The monoisotopic (exact) mass is 270 g/mol. The molecule has 20 heavy (non-hydrogen) atoms. The van der Waals surface area contributed by atoms with Crippen molar-refractivity contribution in [2.45, 2.75) is 52.6 Å². The van der Waals surface area contributed by atoms with Crippen molar-refractivity contribution in [2.75, 3.05) is 13.1 Å². The van der Waals surface area contributed by atoms with E-state index in [1.54, 1.807) is 0 Å². The molecule has 1 saturated heterocycles. The van der Waals surface area contributed by atoms with Crippen LogP contribution in [0.1, 0.15) is 43.7 Å². The second kappa shape index (κ2) is 6.01. The molecule has 0 aliphatic carbocycles. The van der Waals surface area contributed by atoms with Crippen molar-refractivity contribution >= 4 is 10.9 Å². The normalized spacial score (nSPS) is 17.5. The Morgan fingerprint density at radius 1 is 1.05 bits per heavy atom. The first-order valence-corrected chi connectivity index (χ1v) is 8.08. The van der Waals surface area contributed by atoms with Crippen molar-refractivity contribution in [1.29, 1.82) is 0 Å². The molecule has 0 unspecified atom stereocenters. The second-order valence-corrected chi connectivity index (χ2v) is 6.15. The quantitative estimate of drug-likeness (QED) is 0.805. The average Bonchev–Trinajstić information content (AvgIpc) is 2.63. The van der Waals surface area contributed by atoms with Gasteiger partial charge in [0.05, 0.1) is 0 Å². The molecule has 1 aliphatic rings. The number of aryl methyl sites for hydroxylation is 2. The van der Waals surface area contributed by atoms with Crippen molar-refractivity contribution in [3.63, 3.8) is 0 Å². The van der Waals surface area contributed by atoms with Crippen molar-refractivity contribution in [2.24, 2.45) is 0 Å². The van der Waals surface area contributed by atoms with Crippen LogP contribution in [0.5, 0.6) is 0 Å². The standard InChI is InChI=1S/C18H26N2/c1-3-20-14-16(13-19-10-6-4-5-7-11-19)17-9-8-15(2)12-18(17)20/h8-9,12,14H,3-7,10-11,13H2,1-2H3. The van der Waals surface area contributed by atoms with Crippen LogP contribution in [-0.4, -0.2) is 22.6 Å². The maximum absolute atomic E-state index is 2.64. The van der Waals surface area contributed by atoms with Gasteiger partial charge in [-0.3, -0.25) is 4.90 Å². The highest BCUT2D eigenvalue weighted by molar-refractivity contribution is 5.84. The summed E-state index contributed by atoms with van der Waals surface area (Å²) in [4.78, 5) is 2.64. The first kappa shape index (κ1) is 13.7.